The lowest BCUT2D eigenvalue weighted by atomic mass is 10.1. The van der Waals surface area contributed by atoms with Crippen molar-refractivity contribution in [1.29, 1.82) is 0 Å². The average Bonchev–Trinajstić information content (AvgIpc) is 2.47. The predicted molar refractivity (Wildman–Crippen MR) is 86.1 cm³/mol. The van der Waals surface area contributed by atoms with Crippen molar-refractivity contribution in [1.82, 2.24) is 4.98 Å². The molecular weight excluding hydrogens is 281 g/mol. The van der Waals surface area contributed by atoms with Crippen LogP contribution in [0.15, 0.2) is 42.7 Å². The smallest absolute Gasteiger partial charge is 0.226 e. The van der Waals surface area contributed by atoms with E-state index in [2.05, 4.69) is 15.6 Å². The molecule has 1 aromatic heterocycles. The molecule has 1 heterocycles. The molecule has 0 unspecified atom stereocenters. The molecule has 0 aliphatic rings. The minimum absolute atomic E-state index is 0.0282. The Morgan fingerprint density at radius 1 is 1.14 bits per heavy atom. The summed E-state index contributed by atoms with van der Waals surface area (Å²) in [6, 6.07) is 8.79. The Bertz CT molecular complexity index is 658. The first-order chi connectivity index (χ1) is 10.5. The molecule has 1 amide bonds. The molecule has 0 radical (unpaired) electrons. The summed E-state index contributed by atoms with van der Waals surface area (Å²) in [5.41, 5.74) is 2.34. The van der Waals surface area contributed by atoms with Gasteiger partial charge in [-0.2, -0.15) is 0 Å². The summed E-state index contributed by atoms with van der Waals surface area (Å²) in [5.74, 6) is -0.461. The van der Waals surface area contributed by atoms with Gasteiger partial charge in [0, 0.05) is 23.5 Å². The molecule has 2 rings (SSSR count). The van der Waals surface area contributed by atoms with Gasteiger partial charge in [-0.25, -0.2) is 4.39 Å². The number of halogens is 1. The maximum atomic E-state index is 13.2. The first-order valence-corrected chi connectivity index (χ1v) is 7.23. The molecule has 2 N–H and O–H groups in total. The van der Waals surface area contributed by atoms with E-state index in [1.807, 2.05) is 45.0 Å². The van der Waals surface area contributed by atoms with Crippen LogP contribution in [0.4, 0.5) is 15.8 Å². The molecule has 4 nitrogen and oxygen atoms in total. The zero-order valence-electron chi connectivity index (χ0n) is 12.9. The minimum Gasteiger partial charge on any atom is -0.378 e. The highest BCUT2D eigenvalue weighted by Gasteiger charge is 2.09. The molecule has 0 aliphatic carbocycles. The highest BCUT2D eigenvalue weighted by atomic mass is 19.1. The molecule has 116 valence electrons. The Hall–Kier alpha value is -2.43. The molecule has 0 aliphatic heterocycles. The van der Waals surface area contributed by atoms with E-state index in [1.165, 1.54) is 12.3 Å². The molecular formula is C17H20FN3O. The fourth-order valence-corrected chi connectivity index (χ4v) is 1.97. The lowest BCUT2D eigenvalue weighted by molar-refractivity contribution is -0.118. The van der Waals surface area contributed by atoms with Crippen molar-refractivity contribution in [3.05, 3.63) is 54.1 Å². The van der Waals surface area contributed by atoms with Gasteiger partial charge in [-0.05, 0) is 36.8 Å². The summed E-state index contributed by atoms with van der Waals surface area (Å²) in [4.78, 5) is 15.6. The summed E-state index contributed by atoms with van der Waals surface area (Å²) < 4.78 is 13.2. The second kappa shape index (κ2) is 7.02. The minimum atomic E-state index is -0.357. The van der Waals surface area contributed by atoms with Crippen molar-refractivity contribution < 1.29 is 9.18 Å². The molecule has 0 spiro atoms. The SMILES string of the molecule is CC(C)C(=O)Nc1cccc(N[C@H](C)c2cncc(F)c2)c1. The number of carbonyl (C=O) groups is 1. The molecule has 0 saturated heterocycles. The largest absolute Gasteiger partial charge is 0.378 e. The molecule has 1 atom stereocenters. The fraction of sp³-hybridized carbons (Fsp3) is 0.294. The van der Waals surface area contributed by atoms with Gasteiger partial charge in [0.25, 0.3) is 0 Å². The topological polar surface area (TPSA) is 54.0 Å². The Balaban J connectivity index is 2.08. The van der Waals surface area contributed by atoms with E-state index in [0.29, 0.717) is 0 Å². The Labute approximate surface area is 129 Å². The van der Waals surface area contributed by atoms with Crippen LogP contribution in [0.1, 0.15) is 32.4 Å². The van der Waals surface area contributed by atoms with E-state index in [1.54, 1.807) is 6.20 Å². The molecule has 1 aromatic carbocycles. The van der Waals surface area contributed by atoms with Gasteiger partial charge < -0.3 is 10.6 Å². The number of anilines is 2. The first kappa shape index (κ1) is 15.9. The average molecular weight is 301 g/mol. The van der Waals surface area contributed by atoms with E-state index >= 15 is 0 Å². The maximum absolute atomic E-state index is 13.2. The predicted octanol–water partition coefficient (Wildman–Crippen LogP) is 3.99. The van der Waals surface area contributed by atoms with E-state index in [9.17, 15) is 9.18 Å². The van der Waals surface area contributed by atoms with Crippen molar-refractivity contribution in [2.75, 3.05) is 10.6 Å². The Morgan fingerprint density at radius 2 is 1.86 bits per heavy atom. The summed E-state index contributed by atoms with van der Waals surface area (Å²) in [5, 5.41) is 6.12. The van der Waals surface area contributed by atoms with Crippen LogP contribution in [0.25, 0.3) is 0 Å². The third-order valence-electron chi connectivity index (χ3n) is 3.26. The summed E-state index contributed by atoms with van der Waals surface area (Å²) in [6.07, 6.45) is 2.81. The number of nitrogens with one attached hydrogen (secondary N) is 2. The number of benzene rings is 1. The van der Waals surface area contributed by atoms with E-state index < -0.39 is 0 Å². The quantitative estimate of drug-likeness (QED) is 0.878. The maximum Gasteiger partial charge on any atom is 0.226 e. The van der Waals surface area contributed by atoms with E-state index in [0.717, 1.165) is 16.9 Å². The number of carbonyl (C=O) groups excluding carboxylic acids is 1. The molecule has 0 fully saturated rings. The molecule has 0 bridgehead atoms. The Morgan fingerprint density at radius 3 is 2.55 bits per heavy atom. The zero-order chi connectivity index (χ0) is 16.1. The van der Waals surface area contributed by atoms with Crippen molar-refractivity contribution in [2.45, 2.75) is 26.8 Å². The highest BCUT2D eigenvalue weighted by Crippen LogP contribution is 2.22. The van der Waals surface area contributed by atoms with Crippen LogP contribution >= 0.6 is 0 Å². The first-order valence-electron chi connectivity index (χ1n) is 7.23. The lowest BCUT2D eigenvalue weighted by Gasteiger charge is -2.16. The van der Waals surface area contributed by atoms with Crippen LogP contribution in [-0.4, -0.2) is 10.9 Å². The van der Waals surface area contributed by atoms with Crippen molar-refractivity contribution in [3.63, 3.8) is 0 Å². The third-order valence-corrected chi connectivity index (χ3v) is 3.26. The van der Waals surface area contributed by atoms with Crippen LogP contribution in [0, 0.1) is 11.7 Å². The third kappa shape index (κ3) is 4.28. The highest BCUT2D eigenvalue weighted by molar-refractivity contribution is 5.92. The molecule has 22 heavy (non-hydrogen) atoms. The van der Waals surface area contributed by atoms with E-state index in [-0.39, 0.29) is 23.7 Å². The number of aromatic nitrogens is 1. The number of amides is 1. The van der Waals surface area contributed by atoms with Crippen LogP contribution in [0.3, 0.4) is 0 Å². The fourth-order valence-electron chi connectivity index (χ4n) is 1.97. The van der Waals surface area contributed by atoms with Gasteiger partial charge in [0.2, 0.25) is 5.91 Å². The standard InChI is InChI=1S/C17H20FN3O/c1-11(2)17(22)21-16-6-4-5-15(8-16)20-12(3)13-7-14(18)10-19-9-13/h4-12,20H,1-3H3,(H,21,22)/t12-/m1/s1. The second-order valence-electron chi connectivity index (χ2n) is 5.53. The van der Waals surface area contributed by atoms with Crippen molar-refractivity contribution in [3.8, 4) is 0 Å². The molecule has 0 saturated carbocycles. The monoisotopic (exact) mass is 301 g/mol. The van der Waals surface area contributed by atoms with Gasteiger partial charge in [0.1, 0.15) is 5.82 Å². The van der Waals surface area contributed by atoms with Gasteiger partial charge >= 0.3 is 0 Å². The lowest BCUT2D eigenvalue weighted by Crippen LogP contribution is -2.17. The van der Waals surface area contributed by atoms with Gasteiger partial charge in [-0.15, -0.1) is 0 Å². The summed E-state index contributed by atoms with van der Waals surface area (Å²) in [7, 11) is 0. The van der Waals surface area contributed by atoms with Crippen LogP contribution in [-0.2, 0) is 4.79 Å². The van der Waals surface area contributed by atoms with Crippen molar-refractivity contribution >= 4 is 17.3 Å². The van der Waals surface area contributed by atoms with Gasteiger partial charge in [-0.1, -0.05) is 19.9 Å². The van der Waals surface area contributed by atoms with E-state index in [4.69, 9.17) is 0 Å². The second-order valence-corrected chi connectivity index (χ2v) is 5.53. The van der Waals surface area contributed by atoms with Crippen LogP contribution < -0.4 is 10.6 Å². The zero-order valence-corrected chi connectivity index (χ0v) is 12.9. The van der Waals surface area contributed by atoms with Gasteiger partial charge in [-0.3, -0.25) is 9.78 Å². The van der Waals surface area contributed by atoms with Crippen LogP contribution in [0.2, 0.25) is 0 Å². The number of hydrogen-bond donors (Lipinski definition) is 2. The Kier molecular flexibility index (Phi) is 5.09. The molecule has 5 heteroatoms. The van der Waals surface area contributed by atoms with Crippen LogP contribution in [0.5, 0.6) is 0 Å². The van der Waals surface area contributed by atoms with Crippen molar-refractivity contribution in [2.24, 2.45) is 5.92 Å². The van der Waals surface area contributed by atoms with Gasteiger partial charge in [0.05, 0.1) is 12.2 Å². The normalized spacial score (nSPS) is 12.0. The number of pyridine rings is 1. The number of rotatable bonds is 5. The molecule has 2 aromatic rings. The summed E-state index contributed by atoms with van der Waals surface area (Å²) in [6.45, 7) is 5.61. The summed E-state index contributed by atoms with van der Waals surface area (Å²) >= 11 is 0. The number of hydrogen-bond acceptors (Lipinski definition) is 3. The van der Waals surface area contributed by atoms with Gasteiger partial charge in [0.15, 0.2) is 0 Å². The number of nitrogens with zero attached hydrogens (tertiary/aromatic N) is 1.